The van der Waals surface area contributed by atoms with E-state index in [-0.39, 0.29) is 5.75 Å². The van der Waals surface area contributed by atoms with E-state index in [1.807, 2.05) is 47.0 Å². The van der Waals surface area contributed by atoms with Crippen LogP contribution in [0.1, 0.15) is 5.56 Å². The lowest BCUT2D eigenvalue weighted by atomic mass is 10.1. The minimum Gasteiger partial charge on any atom is -0.507 e. The smallest absolute Gasteiger partial charge is 0.165 e. The number of aromatic nitrogens is 2. The van der Waals surface area contributed by atoms with Gasteiger partial charge in [0.2, 0.25) is 0 Å². The van der Waals surface area contributed by atoms with Crippen LogP contribution in [0.3, 0.4) is 0 Å². The van der Waals surface area contributed by atoms with Gasteiger partial charge in [0, 0.05) is 28.0 Å². The van der Waals surface area contributed by atoms with Gasteiger partial charge < -0.3 is 5.11 Å². The molecule has 0 aliphatic rings. The number of imidazole rings is 1. The second-order valence-corrected chi connectivity index (χ2v) is 7.65. The molecule has 2 aromatic heterocycles. The summed E-state index contributed by atoms with van der Waals surface area (Å²) in [6, 6.07) is 25.7. The van der Waals surface area contributed by atoms with E-state index in [2.05, 4.69) is 46.3 Å². The number of phenolic OH excluding ortho intramolecular Hbond substituents is 1. The predicted octanol–water partition coefficient (Wildman–Crippen LogP) is 6.37. The molecule has 0 aliphatic heterocycles. The SMILES string of the molecule is Oc1ccc(Br)cc1C=Nc1c(-c2ccc3ccccc3c2)nc2ccccn12. The highest BCUT2D eigenvalue weighted by Crippen LogP contribution is 2.33. The molecule has 5 rings (SSSR count). The highest BCUT2D eigenvalue weighted by atomic mass is 79.9. The summed E-state index contributed by atoms with van der Waals surface area (Å²) in [6.07, 6.45) is 3.61. The number of rotatable bonds is 3. The molecule has 5 heteroatoms. The van der Waals surface area contributed by atoms with Crippen molar-refractivity contribution in [2.24, 2.45) is 4.99 Å². The first-order valence-corrected chi connectivity index (χ1v) is 9.97. The quantitative estimate of drug-likeness (QED) is 0.330. The van der Waals surface area contributed by atoms with E-state index in [9.17, 15) is 5.11 Å². The molecule has 0 radical (unpaired) electrons. The van der Waals surface area contributed by atoms with E-state index >= 15 is 0 Å². The summed E-state index contributed by atoms with van der Waals surface area (Å²) < 4.78 is 2.83. The maximum absolute atomic E-state index is 10.1. The monoisotopic (exact) mass is 441 g/mol. The maximum Gasteiger partial charge on any atom is 0.165 e. The Balaban J connectivity index is 1.69. The predicted molar refractivity (Wildman–Crippen MR) is 121 cm³/mol. The molecule has 0 atom stereocenters. The maximum atomic E-state index is 10.1. The molecule has 0 aliphatic carbocycles. The van der Waals surface area contributed by atoms with Gasteiger partial charge >= 0.3 is 0 Å². The van der Waals surface area contributed by atoms with Crippen LogP contribution in [0.15, 0.2) is 94.5 Å². The number of hydrogen-bond acceptors (Lipinski definition) is 3. The molecule has 140 valence electrons. The lowest BCUT2D eigenvalue weighted by Crippen LogP contribution is -1.86. The molecule has 0 fully saturated rings. The second kappa shape index (κ2) is 7.18. The third kappa shape index (κ3) is 3.30. The van der Waals surface area contributed by atoms with Crippen molar-refractivity contribution in [3.63, 3.8) is 0 Å². The van der Waals surface area contributed by atoms with Crippen LogP contribution in [0, 0.1) is 0 Å². The van der Waals surface area contributed by atoms with Gasteiger partial charge in [0.1, 0.15) is 17.1 Å². The molecule has 0 unspecified atom stereocenters. The number of hydrogen-bond donors (Lipinski definition) is 1. The van der Waals surface area contributed by atoms with Gasteiger partial charge in [-0.25, -0.2) is 9.98 Å². The zero-order valence-electron chi connectivity index (χ0n) is 15.3. The molecule has 0 saturated carbocycles. The topological polar surface area (TPSA) is 49.9 Å². The fourth-order valence-corrected chi connectivity index (χ4v) is 3.77. The highest BCUT2D eigenvalue weighted by Gasteiger charge is 2.13. The van der Waals surface area contributed by atoms with Gasteiger partial charge in [-0.1, -0.05) is 58.4 Å². The Kier molecular flexibility index (Phi) is 4.37. The largest absolute Gasteiger partial charge is 0.507 e. The van der Waals surface area contributed by atoms with E-state index in [4.69, 9.17) is 9.98 Å². The average Bonchev–Trinajstić information content (AvgIpc) is 3.12. The van der Waals surface area contributed by atoms with Crippen LogP contribution in [0.2, 0.25) is 0 Å². The van der Waals surface area contributed by atoms with Crippen molar-refractivity contribution in [1.82, 2.24) is 9.38 Å². The third-order valence-electron chi connectivity index (χ3n) is 4.84. The number of benzene rings is 3. The van der Waals surface area contributed by atoms with Crippen molar-refractivity contribution >= 4 is 44.4 Å². The van der Waals surface area contributed by atoms with Crippen LogP contribution in [-0.2, 0) is 0 Å². The van der Waals surface area contributed by atoms with Gasteiger partial charge in [-0.15, -0.1) is 0 Å². The average molecular weight is 442 g/mol. The number of halogens is 1. The van der Waals surface area contributed by atoms with Crippen LogP contribution in [0.25, 0.3) is 27.7 Å². The molecule has 3 aromatic carbocycles. The van der Waals surface area contributed by atoms with E-state index in [1.165, 1.54) is 5.39 Å². The van der Waals surface area contributed by atoms with Gasteiger partial charge in [-0.2, -0.15) is 0 Å². The van der Waals surface area contributed by atoms with E-state index in [0.29, 0.717) is 5.56 Å². The molecule has 5 aromatic rings. The van der Waals surface area contributed by atoms with Crippen molar-refractivity contribution in [2.45, 2.75) is 0 Å². The summed E-state index contributed by atoms with van der Waals surface area (Å²) in [4.78, 5) is 9.54. The van der Waals surface area contributed by atoms with Crippen LogP contribution >= 0.6 is 15.9 Å². The van der Waals surface area contributed by atoms with Crippen LogP contribution < -0.4 is 0 Å². The fraction of sp³-hybridized carbons (Fsp3) is 0. The molecular weight excluding hydrogens is 426 g/mol. The van der Waals surface area contributed by atoms with Gasteiger partial charge in [0.05, 0.1) is 0 Å². The molecule has 0 spiro atoms. The lowest BCUT2D eigenvalue weighted by Gasteiger charge is -2.04. The Bertz CT molecular complexity index is 1390. The Hall–Kier alpha value is -3.44. The van der Waals surface area contributed by atoms with Crippen molar-refractivity contribution in [3.8, 4) is 17.0 Å². The number of pyridine rings is 1. The summed E-state index contributed by atoms with van der Waals surface area (Å²) in [5.41, 5.74) is 3.25. The zero-order valence-corrected chi connectivity index (χ0v) is 16.9. The first kappa shape index (κ1) is 17.6. The molecule has 0 amide bonds. The van der Waals surface area contributed by atoms with Crippen molar-refractivity contribution < 1.29 is 5.11 Å². The number of phenols is 1. The summed E-state index contributed by atoms with van der Waals surface area (Å²) in [7, 11) is 0. The Morgan fingerprint density at radius 1 is 0.897 bits per heavy atom. The fourth-order valence-electron chi connectivity index (χ4n) is 3.40. The van der Waals surface area contributed by atoms with Gasteiger partial charge in [0.15, 0.2) is 5.82 Å². The Morgan fingerprint density at radius 2 is 1.72 bits per heavy atom. The van der Waals surface area contributed by atoms with Crippen LogP contribution in [-0.4, -0.2) is 20.7 Å². The summed E-state index contributed by atoms with van der Waals surface area (Å²) >= 11 is 3.44. The zero-order chi connectivity index (χ0) is 19.8. The minimum atomic E-state index is 0.179. The standard InChI is InChI=1S/C24H16BrN3O/c25-20-10-11-21(29)19(14-20)15-26-24-23(27-22-7-3-4-12-28(22)24)18-9-8-16-5-1-2-6-17(16)13-18/h1-15,29H. The molecule has 1 N–H and O–H groups in total. The first-order chi connectivity index (χ1) is 14.2. The molecule has 29 heavy (non-hydrogen) atoms. The number of nitrogens with zero attached hydrogens (tertiary/aromatic N) is 3. The normalized spacial score (nSPS) is 11.6. The third-order valence-corrected chi connectivity index (χ3v) is 5.34. The Labute approximate surface area is 175 Å². The van der Waals surface area contributed by atoms with E-state index in [1.54, 1.807) is 18.3 Å². The molecule has 4 nitrogen and oxygen atoms in total. The lowest BCUT2D eigenvalue weighted by molar-refractivity contribution is 0.474. The summed E-state index contributed by atoms with van der Waals surface area (Å²) in [5.74, 6) is 0.897. The Morgan fingerprint density at radius 3 is 2.62 bits per heavy atom. The molecule has 0 bridgehead atoms. The van der Waals surface area contributed by atoms with Gasteiger partial charge in [0.25, 0.3) is 0 Å². The minimum absolute atomic E-state index is 0.179. The summed E-state index contributed by atoms with van der Waals surface area (Å²) in [5, 5.41) is 12.5. The first-order valence-electron chi connectivity index (χ1n) is 9.18. The van der Waals surface area contributed by atoms with Gasteiger partial charge in [-0.05, 0) is 47.2 Å². The molecule has 0 saturated heterocycles. The highest BCUT2D eigenvalue weighted by molar-refractivity contribution is 9.10. The molecule has 2 heterocycles. The number of aromatic hydroxyl groups is 1. The molecular formula is C24H16BrN3O. The van der Waals surface area contributed by atoms with Crippen molar-refractivity contribution in [2.75, 3.05) is 0 Å². The summed E-state index contributed by atoms with van der Waals surface area (Å²) in [6.45, 7) is 0. The van der Waals surface area contributed by atoms with Crippen LogP contribution in [0.5, 0.6) is 5.75 Å². The second-order valence-electron chi connectivity index (χ2n) is 6.74. The van der Waals surface area contributed by atoms with E-state index in [0.717, 1.165) is 32.6 Å². The van der Waals surface area contributed by atoms with E-state index < -0.39 is 0 Å². The van der Waals surface area contributed by atoms with Crippen molar-refractivity contribution in [1.29, 1.82) is 0 Å². The van der Waals surface area contributed by atoms with Crippen LogP contribution in [0.4, 0.5) is 5.82 Å². The number of fused-ring (bicyclic) bond motifs is 2. The van der Waals surface area contributed by atoms with Gasteiger partial charge in [-0.3, -0.25) is 4.40 Å². The van der Waals surface area contributed by atoms with Crippen molar-refractivity contribution in [3.05, 3.63) is 95.1 Å². The number of aliphatic imine (C=N–C) groups is 1.